The van der Waals surface area contributed by atoms with E-state index in [0.717, 1.165) is 64.0 Å². The molecule has 0 aromatic heterocycles. The Kier molecular flexibility index (Phi) is 12.3. The van der Waals surface area contributed by atoms with Gasteiger partial charge in [-0.2, -0.15) is 0 Å². The van der Waals surface area contributed by atoms with Crippen molar-refractivity contribution in [2.24, 2.45) is 0 Å². The summed E-state index contributed by atoms with van der Waals surface area (Å²) in [6.45, 7) is 8.00. The van der Waals surface area contributed by atoms with E-state index in [1.165, 1.54) is 6.07 Å². The number of nitrogens with one attached hydrogen (secondary N) is 2. The quantitative estimate of drug-likeness (QED) is 0.126. The van der Waals surface area contributed by atoms with Gasteiger partial charge in [-0.15, -0.1) is 0 Å². The first kappa shape index (κ1) is 39.7. The Hall–Kier alpha value is -4.02. The lowest BCUT2D eigenvalue weighted by atomic mass is 9.86. The molecule has 290 valence electrons. The summed E-state index contributed by atoms with van der Waals surface area (Å²) in [7, 11) is -5.56. The zero-order valence-electron chi connectivity index (χ0n) is 31.0. The van der Waals surface area contributed by atoms with Gasteiger partial charge in [0.05, 0.1) is 44.7 Å². The van der Waals surface area contributed by atoms with Gasteiger partial charge in [-0.3, -0.25) is 4.79 Å². The molecule has 6 rings (SSSR count). The summed E-state index contributed by atoms with van der Waals surface area (Å²) in [5.41, 5.74) is 5.15. The fraction of sp³-hybridized carbons (Fsp3) is 0.462. The number of nitrogens with zero attached hydrogens (tertiary/aromatic N) is 2. The third-order valence-corrected chi connectivity index (χ3v) is 14.6. The fourth-order valence-corrected chi connectivity index (χ4v) is 10.9. The van der Waals surface area contributed by atoms with Crippen LogP contribution in [0.3, 0.4) is 0 Å². The van der Waals surface area contributed by atoms with Gasteiger partial charge < -0.3 is 24.8 Å². The third kappa shape index (κ3) is 9.08. The highest BCUT2D eigenvalue weighted by molar-refractivity contribution is 7.88. The van der Waals surface area contributed by atoms with Crippen molar-refractivity contribution in [1.29, 1.82) is 0 Å². The lowest BCUT2D eigenvalue weighted by Crippen LogP contribution is -2.52. The molecule has 1 amide bonds. The number of benzene rings is 2. The predicted molar refractivity (Wildman–Crippen MR) is 208 cm³/mol. The van der Waals surface area contributed by atoms with Crippen molar-refractivity contribution in [3.63, 3.8) is 0 Å². The Morgan fingerprint density at radius 3 is 2.33 bits per heavy atom. The summed E-state index contributed by atoms with van der Waals surface area (Å²) in [4.78, 5) is 28.0. The zero-order chi connectivity index (χ0) is 38.6. The van der Waals surface area contributed by atoms with Crippen molar-refractivity contribution in [3.05, 3.63) is 87.6 Å². The first-order chi connectivity index (χ1) is 25.7. The summed E-state index contributed by atoms with van der Waals surface area (Å²) in [5, 5.41) is 15.5. The molecule has 2 aromatic carbocycles. The lowest BCUT2D eigenvalue weighted by Gasteiger charge is -2.41. The number of carbonyl (C=O) groups excluding carboxylic acids is 1. The van der Waals surface area contributed by atoms with Crippen LogP contribution < -0.4 is 20.1 Å². The number of ether oxygens (including phenoxy) is 2. The molecule has 0 bridgehead atoms. The first-order valence-corrected chi connectivity index (χ1v) is 23.3. The maximum absolute atomic E-state index is 13.9. The molecule has 0 saturated carbocycles. The number of unbranched alkanes of at least 4 members (excludes halogenated alkanes) is 2. The van der Waals surface area contributed by atoms with Crippen LogP contribution >= 0.6 is 0 Å². The SMILES string of the molecule is C[Si]1(C)C2=CC(=[N+]3CC(F)C3)C=CC2=C(c2ccc(C(=O)NCCOCCOCCCCCNS(C)(=O)=O)cc2C(=O)O)c2ccc(N3CC(F)C3)cc21. The molecule has 15 heteroatoms. The smallest absolute Gasteiger partial charge is 0.336 e. The molecular formula is C39H49F2N4O7SSi+. The highest BCUT2D eigenvalue weighted by atomic mass is 32.2. The zero-order valence-corrected chi connectivity index (χ0v) is 32.8. The normalized spacial score (nSPS) is 19.2. The third-order valence-electron chi connectivity index (χ3n) is 10.3. The molecule has 2 saturated heterocycles. The Labute approximate surface area is 316 Å². The minimum Gasteiger partial charge on any atom is -0.478 e. The number of allylic oxidation sites excluding steroid dienone is 5. The standard InChI is InChI=1S/C39H48F2N4O7SSi/c1-53(49,50)43-13-5-4-6-15-51-17-18-52-16-14-42-38(46)26-7-10-31(34(19-26)39(47)48)37-32-11-8-29(44-22-27(40)23-44)20-35(32)54(2,3)36-21-30(9-12-33(36)37)45-24-28(41)25-45/h7-12,19-21,27-28,43H,4-6,13-18,22-25H2,1-3H3,(H-,42,46,47,48)/p+1. The maximum Gasteiger partial charge on any atom is 0.336 e. The fourth-order valence-electron chi connectivity index (χ4n) is 7.28. The number of carboxylic acid groups (broad SMARTS) is 1. The van der Waals surface area contributed by atoms with Crippen molar-refractivity contribution >= 4 is 52.1 Å². The number of anilines is 1. The van der Waals surface area contributed by atoms with E-state index in [1.54, 1.807) is 12.1 Å². The van der Waals surface area contributed by atoms with E-state index < -0.39 is 42.3 Å². The number of halogens is 2. The van der Waals surface area contributed by atoms with Crippen molar-refractivity contribution in [2.75, 3.05) is 76.9 Å². The summed E-state index contributed by atoms with van der Waals surface area (Å²) >= 11 is 0. The minimum atomic E-state index is -3.16. The van der Waals surface area contributed by atoms with Gasteiger partial charge in [0.1, 0.15) is 14.2 Å². The van der Waals surface area contributed by atoms with Crippen LogP contribution in [0.1, 0.15) is 51.1 Å². The van der Waals surface area contributed by atoms with E-state index in [-0.39, 0.29) is 24.3 Å². The lowest BCUT2D eigenvalue weighted by molar-refractivity contribution is -0.599. The number of carbonyl (C=O) groups is 2. The first-order valence-electron chi connectivity index (χ1n) is 18.4. The van der Waals surface area contributed by atoms with Crippen LogP contribution in [0.15, 0.2) is 65.4 Å². The molecule has 4 aliphatic rings. The van der Waals surface area contributed by atoms with Crippen molar-refractivity contribution in [1.82, 2.24) is 10.0 Å². The van der Waals surface area contributed by atoms with Crippen LogP contribution in [0.25, 0.3) is 5.57 Å². The number of carboxylic acids is 1. The van der Waals surface area contributed by atoms with Crippen molar-refractivity contribution in [3.8, 4) is 0 Å². The van der Waals surface area contributed by atoms with Gasteiger partial charge in [0.2, 0.25) is 16.2 Å². The van der Waals surface area contributed by atoms with Gasteiger partial charge in [-0.05, 0) is 82.3 Å². The van der Waals surface area contributed by atoms with Crippen LogP contribution in [-0.2, 0) is 19.5 Å². The van der Waals surface area contributed by atoms with Crippen LogP contribution in [0.5, 0.6) is 0 Å². The number of aromatic carboxylic acids is 1. The van der Waals surface area contributed by atoms with Gasteiger partial charge in [0, 0.05) is 43.1 Å². The Balaban J connectivity index is 1.14. The second kappa shape index (κ2) is 16.8. The highest BCUT2D eigenvalue weighted by Gasteiger charge is 2.43. The summed E-state index contributed by atoms with van der Waals surface area (Å²) < 4.78 is 65.5. The van der Waals surface area contributed by atoms with Crippen LogP contribution in [-0.4, -0.2) is 128 Å². The molecule has 3 N–H and O–H groups in total. The number of sulfonamides is 1. The van der Waals surface area contributed by atoms with Crippen molar-refractivity contribution in [2.45, 2.75) is 44.7 Å². The molecule has 0 atom stereocenters. The molecule has 1 aliphatic carbocycles. The summed E-state index contributed by atoms with van der Waals surface area (Å²) in [6.07, 6.45) is 7.91. The number of hydrogen-bond acceptors (Lipinski definition) is 7. The van der Waals surface area contributed by atoms with Crippen LogP contribution in [0, 0.1) is 0 Å². The Morgan fingerprint density at radius 2 is 1.65 bits per heavy atom. The van der Waals surface area contributed by atoms with E-state index in [4.69, 9.17) is 9.47 Å². The average Bonchev–Trinajstić information content (AvgIpc) is 3.10. The summed E-state index contributed by atoms with van der Waals surface area (Å²) in [5.74, 6) is -1.59. The van der Waals surface area contributed by atoms with Gasteiger partial charge in [-0.1, -0.05) is 25.2 Å². The molecule has 2 fully saturated rings. The highest BCUT2D eigenvalue weighted by Crippen LogP contribution is 2.43. The second-order valence-corrected chi connectivity index (χ2v) is 20.9. The largest absolute Gasteiger partial charge is 0.478 e. The monoisotopic (exact) mass is 783 g/mol. The average molecular weight is 784 g/mol. The van der Waals surface area contributed by atoms with E-state index in [1.807, 2.05) is 33.8 Å². The molecule has 3 heterocycles. The maximum atomic E-state index is 13.9. The number of rotatable bonds is 17. The van der Waals surface area contributed by atoms with E-state index >= 15 is 0 Å². The van der Waals surface area contributed by atoms with E-state index in [9.17, 15) is 31.9 Å². The molecule has 0 radical (unpaired) electrons. The van der Waals surface area contributed by atoms with Crippen molar-refractivity contribution < 1.29 is 45.9 Å². The number of hydrogen-bond donors (Lipinski definition) is 3. The summed E-state index contributed by atoms with van der Waals surface area (Å²) in [6, 6.07) is 10.9. The molecule has 54 heavy (non-hydrogen) atoms. The Morgan fingerprint density at radius 1 is 0.926 bits per heavy atom. The van der Waals surface area contributed by atoms with Gasteiger partial charge in [-0.25, -0.2) is 31.3 Å². The van der Waals surface area contributed by atoms with Gasteiger partial charge in [0.25, 0.3) is 5.91 Å². The molecule has 0 spiro atoms. The van der Waals surface area contributed by atoms with Crippen LogP contribution in [0.2, 0.25) is 13.1 Å². The van der Waals surface area contributed by atoms with Crippen LogP contribution in [0.4, 0.5) is 14.5 Å². The van der Waals surface area contributed by atoms with E-state index in [2.05, 4.69) is 35.3 Å². The number of alkyl halides is 2. The number of amides is 1. The minimum absolute atomic E-state index is 0.00448. The van der Waals surface area contributed by atoms with Gasteiger partial charge >= 0.3 is 5.97 Å². The molecule has 0 unspecified atom stereocenters. The molecule has 11 nitrogen and oxygen atoms in total. The molecule has 2 aromatic rings. The van der Waals surface area contributed by atoms with E-state index in [0.29, 0.717) is 58.1 Å². The number of fused-ring (bicyclic) bond motifs is 2. The predicted octanol–water partition coefficient (Wildman–Crippen LogP) is 3.60. The topological polar surface area (TPSA) is 137 Å². The molecular weight excluding hydrogens is 735 g/mol. The Bertz CT molecular complexity index is 2020. The van der Waals surface area contributed by atoms with Gasteiger partial charge in [0.15, 0.2) is 18.8 Å². The second-order valence-electron chi connectivity index (χ2n) is 14.7. The molecule has 3 aliphatic heterocycles.